The van der Waals surface area contributed by atoms with Crippen molar-refractivity contribution in [1.82, 2.24) is 10.2 Å². The predicted molar refractivity (Wildman–Crippen MR) is 123 cm³/mol. The molecule has 1 N–H and O–H groups in total. The third-order valence-electron chi connectivity index (χ3n) is 5.03. The van der Waals surface area contributed by atoms with Crippen molar-refractivity contribution in [3.63, 3.8) is 0 Å². The van der Waals surface area contributed by atoms with Crippen molar-refractivity contribution in [3.8, 4) is 0 Å². The van der Waals surface area contributed by atoms with Crippen LogP contribution in [0.15, 0.2) is 66.0 Å². The number of para-hydroxylation sites is 1. The van der Waals surface area contributed by atoms with Gasteiger partial charge in [-0.2, -0.15) is 4.57 Å². The van der Waals surface area contributed by atoms with Crippen LogP contribution in [0.2, 0.25) is 0 Å². The highest BCUT2D eigenvalue weighted by Crippen LogP contribution is 2.41. The molecular weight excluding hydrogens is 534 g/mol. The molecule has 6 nitrogen and oxygen atoms in total. The lowest BCUT2D eigenvalue weighted by atomic mass is 10.0. The number of nitrogens with zero attached hydrogens (tertiary/aromatic N) is 2. The van der Waals surface area contributed by atoms with Gasteiger partial charge in [0, 0.05) is 23.3 Å². The second-order valence-corrected chi connectivity index (χ2v) is 9.24. The Hall–Kier alpha value is -1.97. The quantitative estimate of drug-likeness (QED) is 0.259. The fraction of sp³-hybridized carbons (Fsp3) is 0.238. The number of carbonyl (C=O) groups is 3. The molecule has 0 bridgehead atoms. The number of hydrogen-bond acceptors (Lipinski definition) is 4. The summed E-state index contributed by atoms with van der Waals surface area (Å²) in [4.78, 5) is 38.0. The molecule has 0 spiro atoms. The van der Waals surface area contributed by atoms with Crippen LogP contribution in [0.3, 0.4) is 0 Å². The summed E-state index contributed by atoms with van der Waals surface area (Å²) in [7, 11) is 0. The molecule has 2 aliphatic heterocycles. The van der Waals surface area contributed by atoms with Gasteiger partial charge < -0.3 is 5.32 Å². The summed E-state index contributed by atoms with van der Waals surface area (Å²) < 4.78 is 1.80. The van der Waals surface area contributed by atoms with Crippen LogP contribution in [0.4, 0.5) is 0 Å². The number of halogens is 2. The first kappa shape index (κ1) is 21.3. The summed E-state index contributed by atoms with van der Waals surface area (Å²) in [5.74, 6) is 0.0686. The molecule has 0 radical (unpaired) electrons. The highest BCUT2D eigenvalue weighted by molar-refractivity contribution is 9.18. The third kappa shape index (κ3) is 3.98. The molecular formula is C21H18Br2N3O3S+. The number of aromatic nitrogens is 1. The van der Waals surface area contributed by atoms with Gasteiger partial charge in [0.15, 0.2) is 12.7 Å². The summed E-state index contributed by atoms with van der Waals surface area (Å²) in [6, 6.07) is 11.6. The topological polar surface area (TPSA) is 70.4 Å². The maximum Gasteiger partial charge on any atom is 0.253 e. The molecule has 3 heterocycles. The van der Waals surface area contributed by atoms with E-state index in [1.54, 1.807) is 11.8 Å². The number of nitrogens with one attached hydrogen (secondary N) is 1. The first-order valence-corrected chi connectivity index (χ1v) is 12.2. The highest BCUT2D eigenvalue weighted by Gasteiger charge is 2.53. The van der Waals surface area contributed by atoms with E-state index < -0.39 is 6.04 Å². The lowest BCUT2D eigenvalue weighted by Gasteiger charge is -2.49. The van der Waals surface area contributed by atoms with Gasteiger partial charge in [-0.3, -0.25) is 19.3 Å². The van der Waals surface area contributed by atoms with E-state index in [9.17, 15) is 14.4 Å². The van der Waals surface area contributed by atoms with Gasteiger partial charge in [-0.25, -0.2) is 0 Å². The number of benzene rings is 1. The molecule has 154 valence electrons. The minimum Gasteiger partial charge on any atom is -0.341 e. The van der Waals surface area contributed by atoms with Crippen LogP contribution in [0.25, 0.3) is 10.9 Å². The molecule has 2 atom stereocenters. The second-order valence-electron chi connectivity index (χ2n) is 6.86. The number of thioether (sulfide) groups is 1. The molecule has 1 aromatic carbocycles. The van der Waals surface area contributed by atoms with Crippen LogP contribution >= 0.6 is 43.6 Å². The summed E-state index contributed by atoms with van der Waals surface area (Å²) in [6.07, 6.45) is 5.91. The third-order valence-corrected chi connectivity index (χ3v) is 7.22. The molecule has 30 heavy (non-hydrogen) atoms. The monoisotopic (exact) mass is 550 g/mol. The van der Waals surface area contributed by atoms with Crippen molar-refractivity contribution < 1.29 is 19.0 Å². The van der Waals surface area contributed by atoms with Crippen LogP contribution in [0, 0.1) is 0 Å². The number of carbonyl (C=O) groups excluding carboxylic acids is 3. The largest absolute Gasteiger partial charge is 0.341 e. The van der Waals surface area contributed by atoms with Crippen molar-refractivity contribution >= 4 is 71.0 Å². The number of β-lactam (4-membered cyclic amide) rings is 1. The molecule has 1 aromatic heterocycles. The van der Waals surface area contributed by atoms with E-state index in [1.165, 1.54) is 4.90 Å². The molecule has 1 fully saturated rings. The van der Waals surface area contributed by atoms with E-state index in [0.29, 0.717) is 18.0 Å². The summed E-state index contributed by atoms with van der Waals surface area (Å²) >= 11 is 7.65. The minimum absolute atomic E-state index is 0.133. The van der Waals surface area contributed by atoms with Gasteiger partial charge in [-0.1, -0.05) is 34.1 Å². The normalized spacial score (nSPS) is 21.0. The van der Waals surface area contributed by atoms with E-state index >= 15 is 0 Å². The molecule has 2 amide bonds. The van der Waals surface area contributed by atoms with Crippen LogP contribution in [-0.2, 0) is 20.9 Å². The van der Waals surface area contributed by atoms with Crippen molar-refractivity contribution in [2.75, 3.05) is 11.1 Å². The zero-order chi connectivity index (χ0) is 21.3. The Labute approximate surface area is 194 Å². The Balaban J connectivity index is 1.55. The summed E-state index contributed by atoms with van der Waals surface area (Å²) in [6.45, 7) is 0.639. The SMILES string of the molecule is O=C(CBr)N[C@@H]1C(=O)N2C(C(=O)Br)=C(/C=C/C[n+]3cccc4ccccc43)CS[C@H]12. The van der Waals surface area contributed by atoms with Crippen molar-refractivity contribution in [2.45, 2.75) is 18.0 Å². The van der Waals surface area contributed by atoms with E-state index in [2.05, 4.69) is 59.9 Å². The van der Waals surface area contributed by atoms with Gasteiger partial charge in [0.1, 0.15) is 17.1 Å². The molecule has 0 aliphatic carbocycles. The van der Waals surface area contributed by atoms with Gasteiger partial charge >= 0.3 is 0 Å². The lowest BCUT2D eigenvalue weighted by Crippen LogP contribution is -2.70. The standard InChI is InChI=1S/C21H17Br2N3O3S/c22-11-16(27)24-17-20(29)26-18(19(23)28)14(12-30-21(17)26)7-4-10-25-9-3-6-13-5-1-2-8-15(13)25/h1-9,17,21H,10-12H2/p+1/b7-4+/t17-,21-/m1/s1. The van der Waals surface area contributed by atoms with Gasteiger partial charge in [-0.15, -0.1) is 11.8 Å². The highest BCUT2D eigenvalue weighted by atomic mass is 79.9. The van der Waals surface area contributed by atoms with E-state index in [0.717, 1.165) is 16.5 Å². The zero-order valence-corrected chi connectivity index (χ0v) is 19.7. The fourth-order valence-electron chi connectivity index (χ4n) is 3.65. The van der Waals surface area contributed by atoms with Crippen molar-refractivity contribution in [2.24, 2.45) is 0 Å². The number of amides is 2. The van der Waals surface area contributed by atoms with Crippen LogP contribution in [0.5, 0.6) is 0 Å². The molecule has 0 saturated carbocycles. The maximum absolute atomic E-state index is 12.6. The predicted octanol–water partition coefficient (Wildman–Crippen LogP) is 2.65. The minimum atomic E-state index is -0.598. The Morgan fingerprint density at radius 1 is 1.27 bits per heavy atom. The number of fused-ring (bicyclic) bond motifs is 2. The average molecular weight is 552 g/mol. The first-order chi connectivity index (χ1) is 14.5. The Bertz CT molecular complexity index is 1100. The van der Waals surface area contributed by atoms with Crippen LogP contribution in [-0.4, -0.2) is 43.9 Å². The Kier molecular flexibility index (Phi) is 6.40. The molecule has 2 aliphatic rings. The van der Waals surface area contributed by atoms with E-state index in [-0.39, 0.29) is 27.2 Å². The zero-order valence-electron chi connectivity index (χ0n) is 15.8. The van der Waals surface area contributed by atoms with Gasteiger partial charge in [0.05, 0.1) is 5.33 Å². The van der Waals surface area contributed by atoms with Gasteiger partial charge in [-0.05, 0) is 39.7 Å². The summed E-state index contributed by atoms with van der Waals surface area (Å²) in [5.41, 5.74) is 2.27. The second kappa shape index (κ2) is 9.03. The van der Waals surface area contributed by atoms with E-state index in [4.69, 9.17) is 0 Å². The van der Waals surface area contributed by atoms with Crippen LogP contribution in [0.1, 0.15) is 0 Å². The van der Waals surface area contributed by atoms with Crippen molar-refractivity contribution in [1.29, 1.82) is 0 Å². The first-order valence-electron chi connectivity index (χ1n) is 9.28. The molecule has 0 unspecified atom stereocenters. The molecule has 1 saturated heterocycles. The van der Waals surface area contributed by atoms with Gasteiger partial charge in [0.25, 0.3) is 5.91 Å². The number of hydrogen-bond donors (Lipinski definition) is 1. The molecule has 2 aromatic rings. The number of rotatable bonds is 6. The summed E-state index contributed by atoms with van der Waals surface area (Å²) in [5, 5.41) is 3.73. The Morgan fingerprint density at radius 3 is 2.80 bits per heavy atom. The molecule has 4 rings (SSSR count). The van der Waals surface area contributed by atoms with Crippen molar-refractivity contribution in [3.05, 3.63) is 66.0 Å². The maximum atomic E-state index is 12.6. The van der Waals surface area contributed by atoms with E-state index in [1.807, 2.05) is 36.5 Å². The lowest BCUT2D eigenvalue weighted by molar-refractivity contribution is -0.661. The van der Waals surface area contributed by atoms with Crippen LogP contribution < -0.4 is 9.88 Å². The number of pyridine rings is 1. The number of alkyl halides is 1. The fourth-order valence-corrected chi connectivity index (χ4v) is 5.58. The smallest absolute Gasteiger partial charge is 0.253 e. The number of allylic oxidation sites excluding steroid dienone is 3. The average Bonchev–Trinajstić information content (AvgIpc) is 2.76. The Morgan fingerprint density at radius 2 is 2.03 bits per heavy atom. The molecule has 9 heteroatoms. The van der Waals surface area contributed by atoms with Gasteiger partial charge in [0.2, 0.25) is 16.1 Å².